The van der Waals surface area contributed by atoms with E-state index < -0.39 is 77.0 Å². The van der Waals surface area contributed by atoms with Gasteiger partial charge in [0.15, 0.2) is 0 Å². The number of rotatable bonds is 16. The van der Waals surface area contributed by atoms with Crippen LogP contribution in [0.4, 0.5) is 0 Å². The van der Waals surface area contributed by atoms with Crippen LogP contribution in [0.1, 0.15) is 55.4 Å². The minimum Gasteiger partial charge on any atom is -0.799 e. The van der Waals surface area contributed by atoms with E-state index in [1.165, 1.54) is 28.4 Å². The van der Waals surface area contributed by atoms with Gasteiger partial charge in [0.2, 0.25) is 0 Å². The minimum absolute atomic E-state index is 0. The molecule has 0 amide bonds. The van der Waals surface area contributed by atoms with Crippen LogP contribution in [0.3, 0.4) is 0 Å². The van der Waals surface area contributed by atoms with Gasteiger partial charge in [0, 0.05) is 54.1 Å². The Morgan fingerprint density at radius 1 is 0.429 bits per heavy atom. The Labute approximate surface area is 306 Å². The van der Waals surface area contributed by atoms with Crippen molar-refractivity contribution in [1.82, 2.24) is 0 Å². The van der Waals surface area contributed by atoms with Gasteiger partial charge in [-0.3, -0.25) is 19.2 Å². The maximum Gasteiger partial charge on any atom is 4.00 e. The van der Waals surface area contributed by atoms with Crippen molar-refractivity contribution in [3.63, 3.8) is 0 Å². The second-order valence-electron chi connectivity index (χ2n) is 11.0. The molecule has 0 aromatic carbocycles. The van der Waals surface area contributed by atoms with Crippen molar-refractivity contribution in [2.24, 2.45) is 23.7 Å². The van der Waals surface area contributed by atoms with E-state index in [1.807, 2.05) is 0 Å². The van der Waals surface area contributed by atoms with E-state index in [2.05, 4.69) is 18.9 Å². The molecular formula is C28H56O16P4Ti. The third kappa shape index (κ3) is 31.8. The predicted octanol–water partition coefficient (Wildman–Crippen LogP) is 1.81. The molecule has 0 fully saturated rings. The molecule has 0 aliphatic heterocycles. The molecule has 0 aliphatic rings. The van der Waals surface area contributed by atoms with E-state index in [-0.39, 0.29) is 71.0 Å². The molecule has 8 unspecified atom stereocenters. The summed E-state index contributed by atoms with van der Waals surface area (Å²) in [6.07, 6.45) is -0.0377. The summed E-state index contributed by atoms with van der Waals surface area (Å²) < 4.78 is 61.8. The van der Waals surface area contributed by atoms with Gasteiger partial charge >= 0.3 is 45.6 Å². The first kappa shape index (κ1) is 57.7. The predicted molar refractivity (Wildman–Crippen MR) is 177 cm³/mol. The van der Waals surface area contributed by atoms with Gasteiger partial charge in [-0.15, -0.1) is 0 Å². The standard InChI is InChI=1S/4C7H15O4P.Ti/c4*1-4-12(9,10)5-6(2)7(8)11-3;/h4*6H,4-5H2,1-3H3,(H,9,10);/q;;;;+4/p-4. The molecule has 0 radical (unpaired) electrons. The van der Waals surface area contributed by atoms with Crippen LogP contribution in [0.25, 0.3) is 0 Å². The number of carbonyl (C=O) groups excluding carboxylic acids is 4. The molecule has 0 aromatic rings. The van der Waals surface area contributed by atoms with Crippen LogP contribution in [-0.4, -0.2) is 102 Å². The minimum atomic E-state index is -3.35. The molecule has 0 heterocycles. The van der Waals surface area contributed by atoms with Crippen molar-refractivity contribution in [3.05, 3.63) is 0 Å². The Kier molecular flexibility index (Phi) is 34.0. The van der Waals surface area contributed by atoms with Crippen LogP contribution < -0.4 is 19.6 Å². The van der Waals surface area contributed by atoms with Gasteiger partial charge < -0.3 is 56.8 Å². The SMILES string of the molecule is CCP(=O)([O-])CC(C)C(=O)OC.CCP(=O)([O-])CC(C)C(=O)OC.CCP(=O)([O-])CC(C)C(=O)OC.CCP(=O)([O-])CC(C)C(=O)OC.[Ti+4]. The Morgan fingerprint density at radius 3 is 0.633 bits per heavy atom. The topological polar surface area (TPSA) is 266 Å². The van der Waals surface area contributed by atoms with Crippen molar-refractivity contribution in [2.75, 3.05) is 77.7 Å². The van der Waals surface area contributed by atoms with Gasteiger partial charge in [0.1, 0.15) is 0 Å². The molecule has 0 rings (SSSR count). The van der Waals surface area contributed by atoms with Crippen molar-refractivity contribution in [1.29, 1.82) is 0 Å². The van der Waals surface area contributed by atoms with Crippen molar-refractivity contribution >= 4 is 53.4 Å². The van der Waals surface area contributed by atoms with Gasteiger partial charge in [-0.05, 0) is 24.6 Å². The van der Waals surface area contributed by atoms with Crippen LogP contribution in [0.5, 0.6) is 0 Å². The second-order valence-corrected chi connectivity index (χ2v) is 21.5. The van der Waals surface area contributed by atoms with Crippen LogP contribution in [0.15, 0.2) is 0 Å². The molecule has 49 heavy (non-hydrogen) atoms. The van der Waals surface area contributed by atoms with Crippen molar-refractivity contribution < 1.29 is 97.7 Å². The first-order valence-corrected chi connectivity index (χ1v) is 23.2. The van der Waals surface area contributed by atoms with Gasteiger partial charge in [0.05, 0.1) is 52.1 Å². The number of hydrogen-bond acceptors (Lipinski definition) is 16. The third-order valence-electron chi connectivity index (χ3n) is 6.55. The number of carbonyl (C=O) groups is 4. The maximum atomic E-state index is 11.1. The van der Waals surface area contributed by atoms with Crippen molar-refractivity contribution in [3.8, 4) is 0 Å². The molecular weight excluding hydrogens is 764 g/mol. The largest absolute Gasteiger partial charge is 4.00 e. The molecule has 8 atom stereocenters. The molecule has 16 nitrogen and oxygen atoms in total. The van der Waals surface area contributed by atoms with Gasteiger partial charge in [-0.25, -0.2) is 0 Å². The molecule has 0 N–H and O–H groups in total. The van der Waals surface area contributed by atoms with Crippen LogP contribution in [0, 0.1) is 23.7 Å². The van der Waals surface area contributed by atoms with E-state index in [9.17, 15) is 57.0 Å². The first-order valence-electron chi connectivity index (χ1n) is 15.2. The number of esters is 4. The van der Waals surface area contributed by atoms with Crippen LogP contribution in [0.2, 0.25) is 0 Å². The normalized spacial score (nSPS) is 17.6. The molecule has 0 saturated carbocycles. The zero-order valence-corrected chi connectivity index (χ0v) is 35.9. The molecule has 21 heteroatoms. The summed E-state index contributed by atoms with van der Waals surface area (Å²) in [5.74, 6) is -4.12. The second kappa shape index (κ2) is 28.9. The number of ether oxygens (including phenoxy) is 4. The summed E-state index contributed by atoms with van der Waals surface area (Å²) in [7, 11) is -8.39. The molecule has 288 valence electrons. The van der Waals surface area contributed by atoms with E-state index in [0.29, 0.717) is 0 Å². The summed E-state index contributed by atoms with van der Waals surface area (Å²) in [5.41, 5.74) is 0. The zero-order valence-electron chi connectivity index (χ0n) is 30.8. The molecule has 0 aromatic heterocycles. The van der Waals surface area contributed by atoms with Crippen molar-refractivity contribution in [2.45, 2.75) is 55.4 Å². The molecule has 0 spiro atoms. The Bertz CT molecular complexity index is 989. The zero-order chi connectivity index (χ0) is 39.1. The Morgan fingerprint density at radius 2 is 0.551 bits per heavy atom. The molecule has 0 bridgehead atoms. The summed E-state index contributed by atoms with van der Waals surface area (Å²) in [5, 5.41) is 0. The summed E-state index contributed by atoms with van der Waals surface area (Å²) >= 11 is 0. The fourth-order valence-corrected chi connectivity index (χ4v) is 8.26. The van der Waals surface area contributed by atoms with Gasteiger partial charge in [-0.2, -0.15) is 0 Å². The first-order chi connectivity index (χ1) is 21.7. The smallest absolute Gasteiger partial charge is 0.799 e. The van der Waals surface area contributed by atoms with E-state index >= 15 is 0 Å². The third-order valence-corrected chi connectivity index (χ3v) is 14.8. The number of hydrogen-bond donors (Lipinski definition) is 0. The quantitative estimate of drug-likeness (QED) is 0.0930. The summed E-state index contributed by atoms with van der Waals surface area (Å²) in [6, 6.07) is 0. The average Bonchev–Trinajstić information content (AvgIpc) is 3.02. The molecule has 0 saturated heterocycles. The Hall–Kier alpha value is -0.646. The summed E-state index contributed by atoms with van der Waals surface area (Å²) in [6.45, 7) is 12.5. The monoisotopic (exact) mass is 820 g/mol. The van der Waals surface area contributed by atoms with Crippen LogP contribution in [-0.2, 0) is 78.1 Å². The maximum absolute atomic E-state index is 11.1. The van der Waals surface area contributed by atoms with E-state index in [4.69, 9.17) is 0 Å². The van der Waals surface area contributed by atoms with Gasteiger partial charge in [-0.1, -0.05) is 55.4 Å². The molecule has 0 aliphatic carbocycles. The number of methoxy groups -OCH3 is 4. The Balaban J connectivity index is -0.000000174. The fourth-order valence-electron chi connectivity index (χ4n) is 3.29. The van der Waals surface area contributed by atoms with Crippen LogP contribution >= 0.6 is 29.5 Å². The fraction of sp³-hybridized carbons (Fsp3) is 0.857. The van der Waals surface area contributed by atoms with E-state index in [0.717, 1.165) is 0 Å². The van der Waals surface area contributed by atoms with Gasteiger partial charge in [0.25, 0.3) is 0 Å². The summed E-state index contributed by atoms with van der Waals surface area (Å²) in [4.78, 5) is 87.5. The van der Waals surface area contributed by atoms with E-state index in [1.54, 1.807) is 55.4 Å². The average molecular weight is 821 g/mol.